The SMILES string of the molecule is CN1/C(=C2/SC(=Nc3ccccc3Cl)N(c3ccc(O)cc3)C2=O)Sc2ccccc21. The van der Waals surface area contributed by atoms with Gasteiger partial charge in [0, 0.05) is 11.9 Å². The van der Waals surface area contributed by atoms with Crippen LogP contribution in [-0.2, 0) is 4.79 Å². The van der Waals surface area contributed by atoms with Gasteiger partial charge in [0.05, 0.1) is 27.1 Å². The summed E-state index contributed by atoms with van der Waals surface area (Å²) in [6.07, 6.45) is 0. The zero-order valence-electron chi connectivity index (χ0n) is 16.3. The van der Waals surface area contributed by atoms with Crippen molar-refractivity contribution in [3.63, 3.8) is 0 Å². The van der Waals surface area contributed by atoms with Gasteiger partial charge in [-0.2, -0.15) is 0 Å². The predicted molar refractivity (Wildman–Crippen MR) is 129 cm³/mol. The lowest BCUT2D eigenvalue weighted by Gasteiger charge is -2.17. The number of amidine groups is 1. The zero-order chi connectivity index (χ0) is 21.5. The van der Waals surface area contributed by atoms with Crippen LogP contribution >= 0.6 is 35.1 Å². The minimum absolute atomic E-state index is 0.132. The first-order chi connectivity index (χ1) is 15.0. The Morgan fingerprint density at radius 3 is 2.39 bits per heavy atom. The number of thioether (sulfide) groups is 2. The highest BCUT2D eigenvalue weighted by atomic mass is 35.5. The van der Waals surface area contributed by atoms with Crippen molar-refractivity contribution in [3.8, 4) is 5.75 Å². The normalized spacial score (nSPS) is 19.4. The summed E-state index contributed by atoms with van der Waals surface area (Å²) in [7, 11) is 1.96. The molecule has 0 unspecified atom stereocenters. The van der Waals surface area contributed by atoms with Crippen LogP contribution in [0.5, 0.6) is 5.75 Å². The summed E-state index contributed by atoms with van der Waals surface area (Å²) >= 11 is 9.22. The smallest absolute Gasteiger partial charge is 0.274 e. The molecule has 1 fully saturated rings. The molecule has 0 bridgehead atoms. The fourth-order valence-corrected chi connectivity index (χ4v) is 5.87. The quantitative estimate of drug-likeness (QED) is 0.455. The van der Waals surface area contributed by atoms with Crippen molar-refractivity contribution in [1.82, 2.24) is 0 Å². The van der Waals surface area contributed by atoms with Crippen LogP contribution in [0.2, 0.25) is 5.02 Å². The van der Waals surface area contributed by atoms with E-state index >= 15 is 0 Å². The Bertz CT molecular complexity index is 1260. The molecule has 2 heterocycles. The number of amides is 1. The predicted octanol–water partition coefficient (Wildman–Crippen LogP) is 6.22. The Morgan fingerprint density at radius 2 is 1.65 bits per heavy atom. The number of hydrogen-bond acceptors (Lipinski definition) is 6. The van der Waals surface area contributed by atoms with E-state index < -0.39 is 0 Å². The van der Waals surface area contributed by atoms with Crippen LogP contribution in [0, 0.1) is 0 Å². The summed E-state index contributed by atoms with van der Waals surface area (Å²) in [4.78, 5) is 23.6. The fourth-order valence-electron chi connectivity index (χ4n) is 3.35. The third kappa shape index (κ3) is 3.59. The van der Waals surface area contributed by atoms with E-state index in [2.05, 4.69) is 0 Å². The Morgan fingerprint density at radius 1 is 0.935 bits per heavy atom. The molecule has 2 aliphatic heterocycles. The molecular formula is C23H16ClN3O2S2. The molecule has 0 spiro atoms. The van der Waals surface area contributed by atoms with Crippen LogP contribution in [0.1, 0.15) is 0 Å². The number of rotatable bonds is 2. The molecule has 31 heavy (non-hydrogen) atoms. The largest absolute Gasteiger partial charge is 0.508 e. The van der Waals surface area contributed by atoms with Crippen molar-refractivity contribution >= 4 is 63.3 Å². The molecule has 0 radical (unpaired) electrons. The number of hydrogen-bond donors (Lipinski definition) is 1. The lowest BCUT2D eigenvalue weighted by molar-refractivity contribution is -0.113. The van der Waals surface area contributed by atoms with Crippen molar-refractivity contribution in [1.29, 1.82) is 0 Å². The summed E-state index contributed by atoms with van der Waals surface area (Å²) in [5, 5.41) is 11.6. The molecule has 2 aliphatic rings. The molecule has 5 rings (SSSR count). The van der Waals surface area contributed by atoms with Crippen molar-refractivity contribution in [2.75, 3.05) is 16.8 Å². The highest BCUT2D eigenvalue weighted by molar-refractivity contribution is 8.20. The van der Waals surface area contributed by atoms with Crippen LogP contribution in [0.15, 0.2) is 92.6 Å². The summed E-state index contributed by atoms with van der Waals surface area (Å²) in [5.74, 6) is -0.0311. The highest BCUT2D eigenvalue weighted by Crippen LogP contribution is 2.50. The number of carbonyl (C=O) groups is 1. The van der Waals surface area contributed by atoms with E-state index in [9.17, 15) is 9.90 Å². The monoisotopic (exact) mass is 465 g/mol. The van der Waals surface area contributed by atoms with Gasteiger partial charge in [-0.05, 0) is 60.3 Å². The van der Waals surface area contributed by atoms with E-state index in [1.807, 2.05) is 54.4 Å². The number of fused-ring (bicyclic) bond motifs is 1. The van der Waals surface area contributed by atoms with Gasteiger partial charge in [0.15, 0.2) is 5.17 Å². The molecule has 154 valence electrons. The highest BCUT2D eigenvalue weighted by Gasteiger charge is 2.40. The van der Waals surface area contributed by atoms with E-state index in [0.717, 1.165) is 15.6 Å². The Hall–Kier alpha value is -2.87. The van der Waals surface area contributed by atoms with E-state index in [1.165, 1.54) is 11.8 Å². The third-order valence-corrected chi connectivity index (χ3v) is 7.60. The van der Waals surface area contributed by atoms with Gasteiger partial charge in [0.25, 0.3) is 5.91 Å². The van der Waals surface area contributed by atoms with Crippen LogP contribution in [0.4, 0.5) is 17.1 Å². The molecular weight excluding hydrogens is 450 g/mol. The van der Waals surface area contributed by atoms with Gasteiger partial charge in [-0.25, -0.2) is 4.99 Å². The number of aliphatic imine (C=N–C) groups is 1. The minimum Gasteiger partial charge on any atom is -0.508 e. The minimum atomic E-state index is -0.163. The average molecular weight is 466 g/mol. The molecule has 5 nitrogen and oxygen atoms in total. The van der Waals surface area contributed by atoms with Crippen molar-refractivity contribution in [3.05, 3.63) is 87.8 Å². The maximum atomic E-state index is 13.6. The molecule has 0 aliphatic carbocycles. The molecule has 1 saturated heterocycles. The van der Waals surface area contributed by atoms with Crippen molar-refractivity contribution in [2.45, 2.75) is 4.90 Å². The molecule has 0 aromatic heterocycles. The maximum Gasteiger partial charge on any atom is 0.274 e. The molecule has 0 saturated carbocycles. The Kier molecular flexibility index (Phi) is 5.17. The first-order valence-corrected chi connectivity index (χ1v) is 11.4. The van der Waals surface area contributed by atoms with Gasteiger partial charge in [-0.1, -0.05) is 47.6 Å². The molecule has 3 aromatic rings. The number of anilines is 2. The summed E-state index contributed by atoms with van der Waals surface area (Å²) in [6.45, 7) is 0. The molecule has 8 heteroatoms. The maximum absolute atomic E-state index is 13.6. The second kappa shape index (κ2) is 8.00. The standard InChI is InChI=1S/C23H16ClN3O2S2/c1-26-18-8-4-5-9-19(18)30-22(26)20-21(29)27(14-10-12-15(28)13-11-14)23(31-20)25-17-7-3-2-6-16(17)24/h2-13,28H,1H3/b22-20-,25-23?. The Balaban J connectivity index is 1.63. The second-order valence-electron chi connectivity index (χ2n) is 6.87. The fraction of sp³-hybridized carbons (Fsp3) is 0.0435. The second-order valence-corrected chi connectivity index (χ2v) is 9.28. The first kappa shape index (κ1) is 20.1. The van der Waals surface area contributed by atoms with E-state index in [0.29, 0.717) is 26.5 Å². The van der Waals surface area contributed by atoms with Gasteiger partial charge >= 0.3 is 0 Å². The molecule has 3 aromatic carbocycles. The summed E-state index contributed by atoms with van der Waals surface area (Å²) < 4.78 is 0. The summed E-state index contributed by atoms with van der Waals surface area (Å²) in [5.41, 5.74) is 2.28. The zero-order valence-corrected chi connectivity index (χ0v) is 18.7. The number of benzene rings is 3. The van der Waals surface area contributed by atoms with Crippen LogP contribution in [-0.4, -0.2) is 23.2 Å². The number of carbonyl (C=O) groups excluding carboxylic acids is 1. The summed E-state index contributed by atoms with van der Waals surface area (Å²) in [6, 6.07) is 21.8. The van der Waals surface area contributed by atoms with Crippen molar-refractivity contribution < 1.29 is 9.90 Å². The van der Waals surface area contributed by atoms with Crippen LogP contribution in [0.3, 0.4) is 0 Å². The average Bonchev–Trinajstić information content (AvgIpc) is 3.27. The van der Waals surface area contributed by atoms with E-state index in [4.69, 9.17) is 16.6 Å². The van der Waals surface area contributed by atoms with Gasteiger partial charge < -0.3 is 10.0 Å². The van der Waals surface area contributed by atoms with Crippen molar-refractivity contribution in [2.24, 2.45) is 4.99 Å². The third-order valence-electron chi connectivity index (χ3n) is 4.89. The first-order valence-electron chi connectivity index (χ1n) is 9.42. The number of halogens is 1. The van der Waals surface area contributed by atoms with Crippen LogP contribution < -0.4 is 9.80 Å². The number of phenolic OH excluding ortho intramolecular Hbond substituents is 1. The van der Waals surface area contributed by atoms with Gasteiger partial charge in [-0.3, -0.25) is 9.69 Å². The van der Waals surface area contributed by atoms with E-state index in [1.54, 1.807) is 47.0 Å². The van der Waals surface area contributed by atoms with Crippen LogP contribution in [0.25, 0.3) is 0 Å². The lowest BCUT2D eigenvalue weighted by atomic mass is 10.2. The lowest BCUT2D eigenvalue weighted by Crippen LogP contribution is -2.29. The van der Waals surface area contributed by atoms with Gasteiger partial charge in [-0.15, -0.1) is 0 Å². The van der Waals surface area contributed by atoms with Gasteiger partial charge in [0.1, 0.15) is 10.7 Å². The molecule has 0 atom stereocenters. The van der Waals surface area contributed by atoms with E-state index in [-0.39, 0.29) is 11.7 Å². The van der Waals surface area contributed by atoms with Gasteiger partial charge in [0.2, 0.25) is 0 Å². The number of nitrogens with zero attached hydrogens (tertiary/aromatic N) is 3. The molecule has 1 N–H and O–H groups in total. The Labute approximate surface area is 193 Å². The topological polar surface area (TPSA) is 56.1 Å². The number of aromatic hydroxyl groups is 1. The number of para-hydroxylation sites is 2. The number of phenols is 1. The molecule has 1 amide bonds.